The largest absolute Gasteiger partial charge is 0.369 e. The predicted molar refractivity (Wildman–Crippen MR) is 101 cm³/mol. The van der Waals surface area contributed by atoms with E-state index in [4.69, 9.17) is 5.73 Å². The number of piperidine rings is 1. The molecule has 2 aliphatic heterocycles. The lowest BCUT2D eigenvalue weighted by Crippen LogP contribution is -2.49. The molecule has 0 unspecified atom stereocenters. The van der Waals surface area contributed by atoms with E-state index in [1.54, 1.807) is 6.20 Å². The van der Waals surface area contributed by atoms with Crippen molar-refractivity contribution in [3.05, 3.63) is 24.4 Å². The average molecular weight is 359 g/mol. The van der Waals surface area contributed by atoms with Gasteiger partial charge in [0.05, 0.1) is 6.54 Å². The number of nitrogens with zero attached hydrogens (tertiary/aromatic N) is 4. The Bertz CT molecular complexity index is 601. The number of amides is 2. The molecule has 0 aromatic carbocycles. The van der Waals surface area contributed by atoms with Gasteiger partial charge in [0.2, 0.25) is 11.8 Å². The number of pyridine rings is 1. The minimum absolute atomic E-state index is 0.248. The Labute approximate surface area is 155 Å². The van der Waals surface area contributed by atoms with E-state index < -0.39 is 0 Å². The van der Waals surface area contributed by atoms with Crippen molar-refractivity contribution >= 4 is 17.6 Å². The van der Waals surface area contributed by atoms with E-state index in [0.29, 0.717) is 18.9 Å². The van der Waals surface area contributed by atoms with Crippen LogP contribution < -0.4 is 10.6 Å². The Morgan fingerprint density at radius 1 is 1.15 bits per heavy atom. The summed E-state index contributed by atoms with van der Waals surface area (Å²) >= 11 is 0. The van der Waals surface area contributed by atoms with Crippen LogP contribution in [0.2, 0.25) is 0 Å². The summed E-state index contributed by atoms with van der Waals surface area (Å²) in [6, 6.07) is 5.92. The molecule has 2 N–H and O–H groups in total. The Morgan fingerprint density at radius 2 is 1.96 bits per heavy atom. The zero-order valence-electron chi connectivity index (χ0n) is 15.3. The van der Waals surface area contributed by atoms with E-state index in [2.05, 4.69) is 14.8 Å². The van der Waals surface area contributed by atoms with Crippen molar-refractivity contribution < 1.29 is 9.59 Å². The van der Waals surface area contributed by atoms with Crippen molar-refractivity contribution in [2.24, 2.45) is 11.7 Å². The van der Waals surface area contributed by atoms with Crippen LogP contribution in [0.5, 0.6) is 0 Å². The fraction of sp³-hybridized carbons (Fsp3) is 0.632. The lowest BCUT2D eigenvalue weighted by Gasteiger charge is -2.36. The Hall–Kier alpha value is -2.15. The average Bonchev–Trinajstić information content (AvgIpc) is 2.67. The molecule has 3 heterocycles. The molecule has 1 aromatic heterocycles. The molecule has 7 nitrogen and oxygen atoms in total. The van der Waals surface area contributed by atoms with Gasteiger partial charge >= 0.3 is 0 Å². The first kappa shape index (κ1) is 18.6. The van der Waals surface area contributed by atoms with Gasteiger partial charge in [0.1, 0.15) is 5.82 Å². The number of aromatic nitrogens is 1. The summed E-state index contributed by atoms with van der Waals surface area (Å²) in [4.78, 5) is 34.3. The Kier molecular flexibility index (Phi) is 6.44. The molecule has 0 aliphatic carbocycles. The van der Waals surface area contributed by atoms with Gasteiger partial charge in [0.25, 0.3) is 0 Å². The summed E-state index contributed by atoms with van der Waals surface area (Å²) in [6.07, 6.45) is 5.51. The van der Waals surface area contributed by atoms with Crippen LogP contribution in [-0.2, 0) is 9.59 Å². The second-order valence-electron chi connectivity index (χ2n) is 7.30. The highest BCUT2D eigenvalue weighted by Gasteiger charge is 2.25. The first-order valence-corrected chi connectivity index (χ1v) is 9.56. The molecule has 2 fully saturated rings. The fourth-order valence-electron chi connectivity index (χ4n) is 3.96. The molecular weight excluding hydrogens is 330 g/mol. The van der Waals surface area contributed by atoms with E-state index in [1.165, 1.54) is 0 Å². The monoisotopic (exact) mass is 359 g/mol. The van der Waals surface area contributed by atoms with E-state index in [9.17, 15) is 9.59 Å². The van der Waals surface area contributed by atoms with Gasteiger partial charge in [-0.2, -0.15) is 0 Å². The van der Waals surface area contributed by atoms with Crippen molar-refractivity contribution in [3.8, 4) is 0 Å². The molecular formula is C19H29N5O2. The van der Waals surface area contributed by atoms with Crippen LogP contribution in [0.4, 0.5) is 5.82 Å². The van der Waals surface area contributed by atoms with Crippen LogP contribution in [0.15, 0.2) is 24.4 Å². The van der Waals surface area contributed by atoms with Crippen molar-refractivity contribution in [3.63, 3.8) is 0 Å². The normalized spacial score (nSPS) is 21.6. The van der Waals surface area contributed by atoms with Gasteiger partial charge in [0, 0.05) is 45.3 Å². The number of rotatable bonds is 6. The lowest BCUT2D eigenvalue weighted by atomic mass is 9.93. The van der Waals surface area contributed by atoms with E-state index in [1.807, 2.05) is 23.1 Å². The summed E-state index contributed by atoms with van der Waals surface area (Å²) in [5, 5.41) is 0. The SMILES string of the molecule is NC(=O)CN1CCC[C@H](CCC(=O)N2CCN(c3ccccn3)CC2)C1. The fourth-order valence-corrected chi connectivity index (χ4v) is 3.96. The number of carbonyl (C=O) groups excluding carboxylic acids is 2. The van der Waals surface area contributed by atoms with Crippen LogP contribution in [0.3, 0.4) is 0 Å². The lowest BCUT2D eigenvalue weighted by molar-refractivity contribution is -0.132. The van der Waals surface area contributed by atoms with Crippen molar-refractivity contribution in [1.82, 2.24) is 14.8 Å². The van der Waals surface area contributed by atoms with Gasteiger partial charge in [-0.25, -0.2) is 4.98 Å². The number of piperazine rings is 1. The van der Waals surface area contributed by atoms with Crippen LogP contribution >= 0.6 is 0 Å². The third kappa shape index (κ3) is 5.17. The Morgan fingerprint density at radius 3 is 2.65 bits per heavy atom. The molecule has 0 bridgehead atoms. The summed E-state index contributed by atoms with van der Waals surface area (Å²) in [6.45, 7) is 5.32. The topological polar surface area (TPSA) is 82.8 Å². The number of likely N-dealkylation sites (tertiary alicyclic amines) is 1. The maximum atomic E-state index is 12.5. The molecule has 2 aliphatic rings. The Balaban J connectivity index is 1.40. The van der Waals surface area contributed by atoms with Crippen LogP contribution in [0.25, 0.3) is 0 Å². The number of carbonyl (C=O) groups is 2. The molecule has 2 saturated heterocycles. The zero-order valence-corrected chi connectivity index (χ0v) is 15.3. The second-order valence-corrected chi connectivity index (χ2v) is 7.30. The predicted octanol–water partition coefficient (Wildman–Crippen LogP) is 0.708. The third-order valence-electron chi connectivity index (χ3n) is 5.35. The van der Waals surface area contributed by atoms with Gasteiger partial charge < -0.3 is 15.5 Å². The minimum Gasteiger partial charge on any atom is -0.369 e. The van der Waals surface area contributed by atoms with Crippen LogP contribution in [0.1, 0.15) is 25.7 Å². The van der Waals surface area contributed by atoms with E-state index in [0.717, 1.165) is 64.3 Å². The molecule has 1 atom stereocenters. The molecule has 26 heavy (non-hydrogen) atoms. The molecule has 142 valence electrons. The highest BCUT2D eigenvalue weighted by atomic mass is 16.2. The third-order valence-corrected chi connectivity index (χ3v) is 5.35. The van der Waals surface area contributed by atoms with Gasteiger partial charge in [-0.15, -0.1) is 0 Å². The van der Waals surface area contributed by atoms with Gasteiger partial charge in [-0.05, 0) is 43.9 Å². The summed E-state index contributed by atoms with van der Waals surface area (Å²) in [5.74, 6) is 1.45. The van der Waals surface area contributed by atoms with Gasteiger partial charge in [0.15, 0.2) is 0 Å². The maximum Gasteiger partial charge on any atom is 0.231 e. The van der Waals surface area contributed by atoms with Crippen molar-refractivity contribution in [2.75, 3.05) is 50.7 Å². The first-order valence-electron chi connectivity index (χ1n) is 9.56. The molecule has 2 amide bonds. The standard InChI is InChI=1S/C19H29N5O2/c20-17(25)15-22-9-3-4-16(14-22)6-7-19(26)24-12-10-23(11-13-24)18-5-1-2-8-21-18/h1-2,5,8,16H,3-4,6-7,9-15H2,(H2,20,25)/t16-/m1/s1. The number of anilines is 1. The quantitative estimate of drug-likeness (QED) is 0.809. The summed E-state index contributed by atoms with van der Waals surface area (Å²) < 4.78 is 0. The van der Waals surface area contributed by atoms with Crippen LogP contribution in [0, 0.1) is 5.92 Å². The van der Waals surface area contributed by atoms with Crippen molar-refractivity contribution in [1.29, 1.82) is 0 Å². The summed E-state index contributed by atoms with van der Waals surface area (Å²) in [5.41, 5.74) is 5.29. The number of hydrogen-bond donors (Lipinski definition) is 1. The van der Waals surface area contributed by atoms with Gasteiger partial charge in [-0.1, -0.05) is 6.07 Å². The van der Waals surface area contributed by atoms with Gasteiger partial charge in [-0.3, -0.25) is 14.5 Å². The van der Waals surface area contributed by atoms with E-state index >= 15 is 0 Å². The van der Waals surface area contributed by atoms with Crippen LogP contribution in [-0.4, -0.2) is 72.4 Å². The molecule has 3 rings (SSSR count). The zero-order chi connectivity index (χ0) is 18.4. The second kappa shape index (κ2) is 8.98. The molecule has 0 saturated carbocycles. The molecule has 7 heteroatoms. The summed E-state index contributed by atoms with van der Waals surface area (Å²) in [7, 11) is 0. The molecule has 0 spiro atoms. The first-order chi connectivity index (χ1) is 12.6. The maximum absolute atomic E-state index is 12.5. The van der Waals surface area contributed by atoms with E-state index in [-0.39, 0.29) is 11.8 Å². The highest BCUT2D eigenvalue weighted by molar-refractivity contribution is 5.76. The highest BCUT2D eigenvalue weighted by Crippen LogP contribution is 2.21. The smallest absolute Gasteiger partial charge is 0.231 e. The minimum atomic E-state index is -0.271. The molecule has 1 aromatic rings. The number of hydrogen-bond acceptors (Lipinski definition) is 5. The van der Waals surface area contributed by atoms with Crippen molar-refractivity contribution in [2.45, 2.75) is 25.7 Å². The number of nitrogens with two attached hydrogens (primary N) is 1. The number of primary amides is 1. The molecule has 0 radical (unpaired) electrons.